The molecule has 0 saturated heterocycles. The maximum Gasteiger partial charge on any atom is 0 e. The lowest BCUT2D eigenvalue weighted by molar-refractivity contribution is 0.686. The first-order valence-corrected chi connectivity index (χ1v) is 2.56. The molecule has 0 aromatic heterocycles. The van der Waals surface area contributed by atoms with Gasteiger partial charge in [-0.3, -0.25) is 0 Å². The molecule has 0 bridgehead atoms. The Morgan fingerprint density at radius 1 is 1.29 bits per heavy atom. The van der Waals surface area contributed by atoms with Crippen molar-refractivity contribution in [3.05, 3.63) is 6.92 Å². The Kier molecular flexibility index (Phi) is 13.4. The van der Waals surface area contributed by atoms with Crippen LogP contribution in [0, 0.1) is 6.92 Å². The van der Waals surface area contributed by atoms with Crippen molar-refractivity contribution in [3.63, 3.8) is 0 Å². The first-order valence-electron chi connectivity index (χ1n) is 2.56. The first kappa shape index (κ1) is 10.0. The van der Waals surface area contributed by atoms with E-state index < -0.39 is 0 Å². The molecule has 0 fully saturated rings. The van der Waals surface area contributed by atoms with Crippen LogP contribution in [0.2, 0.25) is 0 Å². The Morgan fingerprint density at radius 3 is 2.00 bits per heavy atom. The molecule has 0 aliphatic carbocycles. The second-order valence-electron chi connectivity index (χ2n) is 1.46. The van der Waals surface area contributed by atoms with Gasteiger partial charge in [0, 0.05) is 5.48 Å². The fraction of sp³-hybridized carbons (Fsp3) is 0.833. The van der Waals surface area contributed by atoms with Crippen molar-refractivity contribution in [3.8, 4) is 0 Å². The Hall–Kier alpha value is -0.0400. The third-order valence-corrected chi connectivity index (χ3v) is 0.780. The van der Waals surface area contributed by atoms with Crippen molar-refractivity contribution in [1.82, 2.24) is 0 Å². The van der Waals surface area contributed by atoms with Crippen LogP contribution in [0.15, 0.2) is 0 Å². The van der Waals surface area contributed by atoms with Gasteiger partial charge in [-0.2, -0.15) is 0 Å². The summed E-state index contributed by atoms with van der Waals surface area (Å²) in [6, 6.07) is 0. The zero-order valence-electron chi connectivity index (χ0n) is 4.74. The smallest absolute Gasteiger partial charge is 0 e. The summed E-state index contributed by atoms with van der Waals surface area (Å²) in [5, 5.41) is 0. The minimum Gasteiger partial charge on any atom is -0.0654 e. The molecule has 0 rings (SSSR count). The number of hydrogen-bond acceptors (Lipinski definition) is 0. The average molecular weight is 99.2 g/mol. The van der Waals surface area contributed by atoms with Gasteiger partial charge in [0.05, 0.1) is 0 Å². The van der Waals surface area contributed by atoms with Crippen LogP contribution >= 0.6 is 0 Å². The summed E-state index contributed by atoms with van der Waals surface area (Å²) in [7, 11) is 0. The molecule has 41 valence electrons. The van der Waals surface area contributed by atoms with E-state index in [1.165, 1.54) is 12.8 Å². The highest BCUT2D eigenvalue weighted by molar-refractivity contribution is 4.38. The minimum atomic E-state index is 0. The van der Waals surface area contributed by atoms with Crippen molar-refractivity contribution in [2.75, 3.05) is 0 Å². The van der Waals surface area contributed by atoms with Crippen molar-refractivity contribution >= 4 is 0 Å². The molecule has 5 radical (unpaired) electrons. The maximum atomic E-state index is 6.71. The summed E-state index contributed by atoms with van der Waals surface area (Å²) in [5.41, 5.74) is 0. The van der Waals surface area contributed by atoms with Crippen molar-refractivity contribution < 1.29 is 5.48 Å². The molecule has 0 saturated carbocycles. The summed E-state index contributed by atoms with van der Waals surface area (Å²) in [4.78, 5) is 0. The molecule has 0 aliphatic rings. The van der Waals surface area contributed by atoms with Crippen LogP contribution in [0.4, 0.5) is 0 Å². The molecule has 0 aromatic carbocycles. The van der Waals surface area contributed by atoms with Crippen LogP contribution in [0.3, 0.4) is 0 Å². The highest BCUT2D eigenvalue weighted by Gasteiger charge is 1.75. The third-order valence-electron chi connectivity index (χ3n) is 0.780. The van der Waals surface area contributed by atoms with Gasteiger partial charge in [0.25, 0.3) is 0 Å². The molecule has 1 heteroatoms. The summed E-state index contributed by atoms with van der Waals surface area (Å²) in [6.07, 6.45) is 4.15. The fourth-order valence-corrected chi connectivity index (χ4v) is 0.375. The van der Waals surface area contributed by atoms with Gasteiger partial charge in [-0.1, -0.05) is 26.2 Å². The standard InChI is InChI=1S/C6H11.O/c1-3-5-6-4-2;/h3-6H2,1H3;. The van der Waals surface area contributed by atoms with E-state index in [1.807, 2.05) is 0 Å². The molecule has 0 unspecified atom stereocenters. The fourth-order valence-electron chi connectivity index (χ4n) is 0.375. The maximum absolute atomic E-state index is 6.71. The van der Waals surface area contributed by atoms with E-state index in [9.17, 15) is 0 Å². The van der Waals surface area contributed by atoms with Crippen LogP contribution < -0.4 is 0 Å². The number of hydrogen-bond donors (Lipinski definition) is 0. The molecular weight excluding hydrogens is 88.1 g/mol. The number of rotatable bonds is 3. The lowest BCUT2D eigenvalue weighted by atomic mass is 10.2. The van der Waals surface area contributed by atoms with Crippen LogP contribution in [0.25, 0.3) is 0 Å². The summed E-state index contributed by atoms with van der Waals surface area (Å²) in [5.74, 6) is 0. The van der Waals surface area contributed by atoms with Crippen LogP contribution in [-0.2, 0) is 5.48 Å². The topological polar surface area (TPSA) is 28.5 Å². The lowest BCUT2D eigenvalue weighted by Crippen LogP contribution is -1.66. The normalized spacial score (nSPS) is 7.71. The monoisotopic (exact) mass is 99.1 g/mol. The summed E-state index contributed by atoms with van der Waals surface area (Å²) >= 11 is 0. The minimum absolute atomic E-state index is 0. The molecule has 0 aromatic rings. The predicted octanol–water partition coefficient (Wildman–Crippen LogP) is 2.04. The Morgan fingerprint density at radius 2 is 1.86 bits per heavy atom. The number of unbranched alkanes of at least 4 members (excludes halogenated alkanes) is 3. The van der Waals surface area contributed by atoms with Gasteiger partial charge >= 0.3 is 0 Å². The molecule has 0 N–H and O–H groups in total. The molecule has 1 nitrogen and oxygen atoms in total. The van der Waals surface area contributed by atoms with Gasteiger partial charge in [-0.15, -0.1) is 0 Å². The van der Waals surface area contributed by atoms with E-state index in [-0.39, 0.29) is 5.48 Å². The second-order valence-corrected chi connectivity index (χ2v) is 1.46. The second kappa shape index (κ2) is 9.35. The van der Waals surface area contributed by atoms with E-state index in [1.54, 1.807) is 0 Å². The van der Waals surface area contributed by atoms with Gasteiger partial charge in [-0.25, -0.2) is 0 Å². The van der Waals surface area contributed by atoms with Crippen molar-refractivity contribution in [1.29, 1.82) is 0 Å². The zero-order valence-corrected chi connectivity index (χ0v) is 4.74. The lowest BCUT2D eigenvalue weighted by Gasteiger charge is -1.85. The summed E-state index contributed by atoms with van der Waals surface area (Å²) in [6.45, 7) is 8.85. The van der Waals surface area contributed by atoms with Crippen LogP contribution in [0.5, 0.6) is 0 Å². The molecule has 0 spiro atoms. The Labute approximate surface area is 46.0 Å². The van der Waals surface area contributed by atoms with Gasteiger partial charge in [0.1, 0.15) is 0 Å². The Bertz CT molecular complexity index is 16.1. The van der Waals surface area contributed by atoms with Crippen LogP contribution in [-0.4, -0.2) is 0 Å². The van der Waals surface area contributed by atoms with Crippen molar-refractivity contribution in [2.24, 2.45) is 0 Å². The van der Waals surface area contributed by atoms with Gasteiger partial charge in [0.15, 0.2) is 0 Å². The van der Waals surface area contributed by atoms with Crippen LogP contribution in [0.1, 0.15) is 32.6 Å². The third kappa shape index (κ3) is 10.7. The molecule has 0 atom stereocenters. The molecule has 0 amide bonds. The highest BCUT2D eigenvalue weighted by Crippen LogP contribution is 1.95. The molecular formula is C6H11O. The zero-order chi connectivity index (χ0) is 4.83. The predicted molar refractivity (Wildman–Crippen MR) is 28.1 cm³/mol. The first-order chi connectivity index (χ1) is 2.91. The average Bonchev–Trinajstić information content (AvgIpc) is 1.61. The van der Waals surface area contributed by atoms with Gasteiger partial charge in [-0.05, 0) is 13.3 Å². The van der Waals surface area contributed by atoms with E-state index in [0.717, 1.165) is 6.42 Å². The summed E-state index contributed by atoms with van der Waals surface area (Å²) < 4.78 is 0. The van der Waals surface area contributed by atoms with Gasteiger partial charge in [0.2, 0.25) is 0 Å². The molecule has 7 heavy (non-hydrogen) atoms. The Balaban J connectivity index is 0. The molecule has 0 aliphatic heterocycles. The van der Waals surface area contributed by atoms with Gasteiger partial charge < -0.3 is 0 Å². The highest BCUT2D eigenvalue weighted by atomic mass is 16.0. The van der Waals surface area contributed by atoms with E-state index in [2.05, 4.69) is 6.92 Å². The van der Waals surface area contributed by atoms with E-state index >= 15 is 0 Å². The largest absolute Gasteiger partial charge is 0.0654 e. The van der Waals surface area contributed by atoms with Crippen molar-refractivity contribution in [2.45, 2.75) is 32.6 Å². The van der Waals surface area contributed by atoms with E-state index in [4.69, 9.17) is 6.92 Å². The van der Waals surface area contributed by atoms with E-state index in [0.29, 0.717) is 6.42 Å². The molecule has 0 heterocycles. The quantitative estimate of drug-likeness (QED) is 0.484. The SMILES string of the molecule is [C]CCCCC.[O].